The fourth-order valence-electron chi connectivity index (χ4n) is 2.53. The van der Waals surface area contributed by atoms with E-state index in [0.717, 1.165) is 45.0 Å². The molecule has 0 aliphatic carbocycles. The van der Waals surface area contributed by atoms with Gasteiger partial charge in [0.2, 0.25) is 5.91 Å². The second kappa shape index (κ2) is 12.5. The Morgan fingerprint density at radius 1 is 1.21 bits per heavy atom. The molecule has 1 aromatic rings. The molecule has 1 aromatic carbocycles. The average molecular weight is 378 g/mol. The number of amides is 1. The molecular formula is C17H29Cl2N3O2. The van der Waals surface area contributed by atoms with Crippen molar-refractivity contribution in [3.63, 3.8) is 0 Å². The van der Waals surface area contributed by atoms with Crippen molar-refractivity contribution in [2.24, 2.45) is 5.92 Å². The van der Waals surface area contributed by atoms with Crippen LogP contribution in [0.3, 0.4) is 0 Å². The molecule has 1 saturated heterocycles. The fraction of sp³-hybridized carbons (Fsp3) is 0.588. The van der Waals surface area contributed by atoms with Gasteiger partial charge in [0.15, 0.2) is 0 Å². The van der Waals surface area contributed by atoms with E-state index in [2.05, 4.69) is 27.7 Å². The van der Waals surface area contributed by atoms with Crippen LogP contribution in [0.4, 0.5) is 5.69 Å². The number of rotatable bonds is 7. The SMILES string of the molecule is CNCC(C)C(=O)Nc1ccc(CCN2CCOCC2)cc1.Cl.Cl. The molecule has 2 N–H and O–H groups in total. The van der Waals surface area contributed by atoms with E-state index in [1.165, 1.54) is 5.56 Å². The van der Waals surface area contributed by atoms with Crippen LogP contribution in [-0.2, 0) is 16.0 Å². The van der Waals surface area contributed by atoms with Gasteiger partial charge in [0, 0.05) is 37.8 Å². The number of ether oxygens (including phenoxy) is 1. The predicted octanol–water partition coefficient (Wildman–Crippen LogP) is 2.20. The highest BCUT2D eigenvalue weighted by molar-refractivity contribution is 5.92. The standard InChI is InChI=1S/C17H27N3O2.2ClH/c1-14(13-18-2)17(21)19-16-5-3-15(4-6-16)7-8-20-9-11-22-12-10-20;;/h3-6,14,18H,7-13H2,1-2H3,(H,19,21);2*1H. The minimum Gasteiger partial charge on any atom is -0.379 e. The third-order valence-corrected chi connectivity index (χ3v) is 4.00. The van der Waals surface area contributed by atoms with Gasteiger partial charge in [0.25, 0.3) is 0 Å². The van der Waals surface area contributed by atoms with Crippen LogP contribution in [0.5, 0.6) is 0 Å². The van der Waals surface area contributed by atoms with Crippen LogP contribution in [0, 0.1) is 5.92 Å². The lowest BCUT2D eigenvalue weighted by molar-refractivity contribution is -0.119. The van der Waals surface area contributed by atoms with Crippen LogP contribution in [0.2, 0.25) is 0 Å². The number of carbonyl (C=O) groups excluding carboxylic acids is 1. The van der Waals surface area contributed by atoms with E-state index in [0.29, 0.717) is 6.54 Å². The van der Waals surface area contributed by atoms with E-state index in [-0.39, 0.29) is 36.6 Å². The van der Waals surface area contributed by atoms with Crippen molar-refractivity contribution in [3.05, 3.63) is 29.8 Å². The first-order valence-corrected chi connectivity index (χ1v) is 8.03. The molecule has 2 rings (SSSR count). The maximum atomic E-state index is 11.9. The van der Waals surface area contributed by atoms with Gasteiger partial charge in [-0.15, -0.1) is 24.8 Å². The van der Waals surface area contributed by atoms with Gasteiger partial charge < -0.3 is 15.4 Å². The largest absolute Gasteiger partial charge is 0.379 e. The Kier molecular flexibility index (Phi) is 12.1. The zero-order chi connectivity index (χ0) is 15.8. The third-order valence-electron chi connectivity index (χ3n) is 4.00. The maximum Gasteiger partial charge on any atom is 0.228 e. The second-order valence-corrected chi connectivity index (χ2v) is 5.85. The van der Waals surface area contributed by atoms with Crippen molar-refractivity contribution in [2.75, 3.05) is 51.8 Å². The van der Waals surface area contributed by atoms with Gasteiger partial charge in [-0.1, -0.05) is 19.1 Å². The molecule has 1 aliphatic rings. The highest BCUT2D eigenvalue weighted by atomic mass is 35.5. The Balaban J connectivity index is 0.00000264. The number of anilines is 1. The average Bonchev–Trinajstić information content (AvgIpc) is 2.55. The van der Waals surface area contributed by atoms with Gasteiger partial charge in [0.1, 0.15) is 0 Å². The van der Waals surface area contributed by atoms with Crippen LogP contribution in [-0.4, -0.2) is 57.2 Å². The zero-order valence-electron chi connectivity index (χ0n) is 14.4. The zero-order valence-corrected chi connectivity index (χ0v) is 16.0. The molecule has 0 bridgehead atoms. The first-order valence-electron chi connectivity index (χ1n) is 8.03. The van der Waals surface area contributed by atoms with E-state index in [9.17, 15) is 4.79 Å². The summed E-state index contributed by atoms with van der Waals surface area (Å²) in [5.41, 5.74) is 2.16. The molecule has 24 heavy (non-hydrogen) atoms. The highest BCUT2D eigenvalue weighted by Crippen LogP contribution is 2.12. The minimum atomic E-state index is -0.0361. The van der Waals surface area contributed by atoms with Crippen molar-refractivity contribution in [1.29, 1.82) is 0 Å². The number of benzene rings is 1. The van der Waals surface area contributed by atoms with Crippen LogP contribution in [0.25, 0.3) is 0 Å². The quantitative estimate of drug-likeness (QED) is 0.764. The third kappa shape index (κ3) is 7.81. The van der Waals surface area contributed by atoms with Gasteiger partial charge in [-0.2, -0.15) is 0 Å². The summed E-state index contributed by atoms with van der Waals surface area (Å²) in [7, 11) is 1.85. The van der Waals surface area contributed by atoms with E-state index in [1.807, 2.05) is 26.1 Å². The topological polar surface area (TPSA) is 53.6 Å². The van der Waals surface area contributed by atoms with Gasteiger partial charge in [-0.3, -0.25) is 9.69 Å². The van der Waals surface area contributed by atoms with Gasteiger partial charge in [0.05, 0.1) is 13.2 Å². The van der Waals surface area contributed by atoms with Crippen molar-refractivity contribution in [2.45, 2.75) is 13.3 Å². The van der Waals surface area contributed by atoms with Crippen LogP contribution >= 0.6 is 24.8 Å². The highest BCUT2D eigenvalue weighted by Gasteiger charge is 2.12. The van der Waals surface area contributed by atoms with E-state index in [1.54, 1.807) is 0 Å². The summed E-state index contributed by atoms with van der Waals surface area (Å²) >= 11 is 0. The predicted molar refractivity (Wildman–Crippen MR) is 104 cm³/mol. The first-order chi connectivity index (χ1) is 10.7. The van der Waals surface area contributed by atoms with Crippen molar-refractivity contribution < 1.29 is 9.53 Å². The summed E-state index contributed by atoms with van der Waals surface area (Å²) in [4.78, 5) is 14.4. The monoisotopic (exact) mass is 377 g/mol. The molecule has 138 valence electrons. The molecule has 0 spiro atoms. The number of hydrogen-bond donors (Lipinski definition) is 2. The van der Waals surface area contributed by atoms with Crippen LogP contribution in [0.1, 0.15) is 12.5 Å². The number of halogens is 2. The van der Waals surface area contributed by atoms with Gasteiger partial charge >= 0.3 is 0 Å². The van der Waals surface area contributed by atoms with Crippen molar-refractivity contribution in [3.8, 4) is 0 Å². The lowest BCUT2D eigenvalue weighted by Gasteiger charge is -2.26. The van der Waals surface area contributed by atoms with Crippen LogP contribution in [0.15, 0.2) is 24.3 Å². The molecular weight excluding hydrogens is 349 g/mol. The molecule has 1 amide bonds. The number of morpholine rings is 1. The van der Waals surface area contributed by atoms with Crippen LogP contribution < -0.4 is 10.6 Å². The Hall–Kier alpha value is -0.850. The fourth-order valence-corrected chi connectivity index (χ4v) is 2.53. The maximum absolute atomic E-state index is 11.9. The second-order valence-electron chi connectivity index (χ2n) is 5.85. The van der Waals surface area contributed by atoms with Crippen molar-refractivity contribution >= 4 is 36.4 Å². The molecule has 1 aliphatic heterocycles. The molecule has 1 heterocycles. The van der Waals surface area contributed by atoms with E-state index in [4.69, 9.17) is 4.74 Å². The number of carbonyl (C=O) groups is 1. The lowest BCUT2D eigenvalue weighted by atomic mass is 10.1. The number of hydrogen-bond acceptors (Lipinski definition) is 4. The minimum absolute atomic E-state index is 0. The summed E-state index contributed by atoms with van der Waals surface area (Å²) in [5.74, 6) is 0.0152. The van der Waals surface area contributed by atoms with E-state index < -0.39 is 0 Å². The number of nitrogens with zero attached hydrogens (tertiary/aromatic N) is 1. The Morgan fingerprint density at radius 3 is 2.42 bits per heavy atom. The molecule has 1 fully saturated rings. The van der Waals surface area contributed by atoms with Gasteiger partial charge in [-0.25, -0.2) is 0 Å². The Morgan fingerprint density at radius 2 is 1.83 bits per heavy atom. The van der Waals surface area contributed by atoms with E-state index >= 15 is 0 Å². The molecule has 0 aromatic heterocycles. The summed E-state index contributed by atoms with van der Waals surface area (Å²) in [5, 5.41) is 5.97. The summed E-state index contributed by atoms with van der Waals surface area (Å²) < 4.78 is 5.35. The van der Waals surface area contributed by atoms with Crippen molar-refractivity contribution in [1.82, 2.24) is 10.2 Å². The Labute approximate surface area is 157 Å². The van der Waals surface area contributed by atoms with Gasteiger partial charge in [-0.05, 0) is 31.2 Å². The molecule has 0 radical (unpaired) electrons. The number of nitrogens with one attached hydrogen (secondary N) is 2. The summed E-state index contributed by atoms with van der Waals surface area (Å²) in [6.07, 6.45) is 1.03. The summed E-state index contributed by atoms with van der Waals surface area (Å²) in [6.45, 7) is 7.40. The first kappa shape index (κ1) is 23.1. The molecule has 1 atom stereocenters. The Bertz CT molecular complexity index is 465. The smallest absolute Gasteiger partial charge is 0.228 e. The normalized spacial score (nSPS) is 15.8. The summed E-state index contributed by atoms with van der Waals surface area (Å²) in [6, 6.07) is 8.16. The molecule has 0 saturated carbocycles. The lowest BCUT2D eigenvalue weighted by Crippen LogP contribution is -2.37. The molecule has 7 heteroatoms. The molecule has 5 nitrogen and oxygen atoms in total. The molecule has 1 unspecified atom stereocenters.